The van der Waals surface area contributed by atoms with Gasteiger partial charge in [0.15, 0.2) is 0 Å². The maximum Gasteiger partial charge on any atom is 0.241 e. The molecule has 1 amide bonds. The number of benzene rings is 2. The Labute approximate surface area is 166 Å². The molecule has 0 spiro atoms. The number of nitrogens with one attached hydrogen (secondary N) is 1. The standard InChI is InChI=1S/C20H26N2O5S/c1-5-27-17-9-7-16(8-10-17)13-21-20(23)14-22(28(4,24)25)18-12-15(2)6-11-19(18)26-3/h6-12H,5,13-14H2,1-4H3,(H,21,23). The summed E-state index contributed by atoms with van der Waals surface area (Å²) in [5.41, 5.74) is 2.08. The zero-order valence-corrected chi connectivity index (χ0v) is 17.4. The van der Waals surface area contributed by atoms with Crippen molar-refractivity contribution >= 4 is 21.6 Å². The van der Waals surface area contributed by atoms with Crippen molar-refractivity contribution in [1.29, 1.82) is 0 Å². The molecule has 2 aromatic rings. The second kappa shape index (κ2) is 9.45. The summed E-state index contributed by atoms with van der Waals surface area (Å²) in [7, 11) is -2.22. The average molecular weight is 407 g/mol. The molecule has 0 aromatic heterocycles. The van der Waals surface area contributed by atoms with E-state index in [1.807, 2.05) is 44.2 Å². The van der Waals surface area contributed by atoms with Crippen molar-refractivity contribution in [2.45, 2.75) is 20.4 Å². The summed E-state index contributed by atoms with van der Waals surface area (Å²) in [4.78, 5) is 12.4. The number of nitrogens with zero attached hydrogens (tertiary/aromatic N) is 1. The zero-order valence-electron chi connectivity index (χ0n) is 16.6. The van der Waals surface area contributed by atoms with Crippen LogP contribution in [0.3, 0.4) is 0 Å². The second-order valence-electron chi connectivity index (χ2n) is 6.30. The number of hydrogen-bond acceptors (Lipinski definition) is 5. The fourth-order valence-corrected chi connectivity index (χ4v) is 3.48. The molecule has 0 heterocycles. The van der Waals surface area contributed by atoms with Crippen LogP contribution in [0.5, 0.6) is 11.5 Å². The highest BCUT2D eigenvalue weighted by atomic mass is 32.2. The van der Waals surface area contributed by atoms with E-state index in [2.05, 4.69) is 5.32 Å². The van der Waals surface area contributed by atoms with Gasteiger partial charge in [-0.1, -0.05) is 18.2 Å². The summed E-state index contributed by atoms with van der Waals surface area (Å²) in [6.45, 7) is 4.28. The lowest BCUT2D eigenvalue weighted by Crippen LogP contribution is -2.40. The van der Waals surface area contributed by atoms with E-state index in [-0.39, 0.29) is 13.1 Å². The summed E-state index contributed by atoms with van der Waals surface area (Å²) < 4.78 is 36.3. The van der Waals surface area contributed by atoms with E-state index < -0.39 is 15.9 Å². The zero-order chi connectivity index (χ0) is 20.7. The van der Waals surface area contributed by atoms with Crippen LogP contribution in [0.4, 0.5) is 5.69 Å². The number of amides is 1. The van der Waals surface area contributed by atoms with E-state index in [0.29, 0.717) is 18.0 Å². The van der Waals surface area contributed by atoms with Crippen LogP contribution < -0.4 is 19.1 Å². The van der Waals surface area contributed by atoms with Crippen molar-refractivity contribution in [1.82, 2.24) is 5.32 Å². The minimum atomic E-state index is -3.68. The molecule has 0 saturated carbocycles. The molecule has 2 aromatic carbocycles. The molecule has 0 unspecified atom stereocenters. The van der Waals surface area contributed by atoms with Gasteiger partial charge in [-0.25, -0.2) is 8.42 Å². The summed E-state index contributed by atoms with van der Waals surface area (Å²) in [5.74, 6) is 0.727. The van der Waals surface area contributed by atoms with Crippen molar-refractivity contribution < 1.29 is 22.7 Å². The number of anilines is 1. The number of hydrogen-bond donors (Lipinski definition) is 1. The van der Waals surface area contributed by atoms with Gasteiger partial charge in [-0.15, -0.1) is 0 Å². The molecule has 0 bridgehead atoms. The number of methoxy groups -OCH3 is 1. The predicted molar refractivity (Wildman–Crippen MR) is 109 cm³/mol. The molecule has 0 atom stereocenters. The Morgan fingerprint density at radius 2 is 1.82 bits per heavy atom. The van der Waals surface area contributed by atoms with E-state index >= 15 is 0 Å². The fraction of sp³-hybridized carbons (Fsp3) is 0.350. The van der Waals surface area contributed by atoms with Crippen LogP contribution in [-0.2, 0) is 21.4 Å². The molecule has 8 heteroatoms. The quantitative estimate of drug-likeness (QED) is 0.692. The van der Waals surface area contributed by atoms with Gasteiger partial charge in [0, 0.05) is 6.54 Å². The molecular weight excluding hydrogens is 380 g/mol. The highest BCUT2D eigenvalue weighted by Crippen LogP contribution is 2.30. The highest BCUT2D eigenvalue weighted by Gasteiger charge is 2.24. The summed E-state index contributed by atoms with van der Waals surface area (Å²) in [6.07, 6.45) is 1.06. The van der Waals surface area contributed by atoms with Crippen LogP contribution >= 0.6 is 0 Å². The fourth-order valence-electron chi connectivity index (χ4n) is 2.63. The van der Waals surface area contributed by atoms with E-state index in [0.717, 1.165) is 27.4 Å². The molecule has 0 aliphatic rings. The molecule has 0 aliphatic heterocycles. The van der Waals surface area contributed by atoms with E-state index in [4.69, 9.17) is 9.47 Å². The lowest BCUT2D eigenvalue weighted by atomic mass is 10.2. The topological polar surface area (TPSA) is 84.9 Å². The molecular formula is C20H26N2O5S. The average Bonchev–Trinajstić information content (AvgIpc) is 2.65. The third-order valence-electron chi connectivity index (χ3n) is 4.01. The van der Waals surface area contributed by atoms with Crippen LogP contribution in [-0.4, -0.2) is 40.8 Å². The number of carbonyl (C=O) groups is 1. The van der Waals surface area contributed by atoms with Gasteiger partial charge in [0.25, 0.3) is 0 Å². The van der Waals surface area contributed by atoms with Gasteiger partial charge in [-0.3, -0.25) is 9.10 Å². The van der Waals surface area contributed by atoms with Crippen LogP contribution in [0, 0.1) is 6.92 Å². The Bertz CT molecular complexity index is 911. The van der Waals surface area contributed by atoms with Crippen LogP contribution in [0.15, 0.2) is 42.5 Å². The van der Waals surface area contributed by atoms with Gasteiger partial charge in [-0.05, 0) is 49.2 Å². The molecule has 0 fully saturated rings. The number of rotatable bonds is 9. The van der Waals surface area contributed by atoms with E-state index in [9.17, 15) is 13.2 Å². The van der Waals surface area contributed by atoms with Gasteiger partial charge in [-0.2, -0.15) is 0 Å². The van der Waals surface area contributed by atoms with Crippen molar-refractivity contribution in [3.05, 3.63) is 53.6 Å². The lowest BCUT2D eigenvalue weighted by molar-refractivity contribution is -0.119. The number of ether oxygens (including phenoxy) is 2. The van der Waals surface area contributed by atoms with Gasteiger partial charge in [0.05, 0.1) is 25.7 Å². The summed E-state index contributed by atoms with van der Waals surface area (Å²) >= 11 is 0. The van der Waals surface area contributed by atoms with Crippen molar-refractivity contribution in [3.63, 3.8) is 0 Å². The first kappa shape index (κ1) is 21.6. The van der Waals surface area contributed by atoms with Gasteiger partial charge >= 0.3 is 0 Å². The van der Waals surface area contributed by atoms with E-state index in [1.165, 1.54) is 7.11 Å². The Morgan fingerprint density at radius 3 is 2.39 bits per heavy atom. The normalized spacial score (nSPS) is 11.0. The summed E-state index contributed by atoms with van der Waals surface area (Å²) in [6, 6.07) is 12.5. The number of sulfonamides is 1. The predicted octanol–water partition coefficient (Wildman–Crippen LogP) is 2.48. The maximum absolute atomic E-state index is 12.4. The summed E-state index contributed by atoms with van der Waals surface area (Å²) in [5, 5.41) is 2.75. The number of carbonyl (C=O) groups excluding carboxylic acids is 1. The third kappa shape index (κ3) is 5.88. The van der Waals surface area contributed by atoms with E-state index in [1.54, 1.807) is 12.1 Å². The van der Waals surface area contributed by atoms with Crippen LogP contribution in [0.1, 0.15) is 18.1 Å². The molecule has 0 aliphatic carbocycles. The largest absolute Gasteiger partial charge is 0.495 e. The first-order valence-electron chi connectivity index (χ1n) is 8.85. The molecule has 7 nitrogen and oxygen atoms in total. The Hall–Kier alpha value is -2.74. The first-order chi connectivity index (χ1) is 13.2. The lowest BCUT2D eigenvalue weighted by Gasteiger charge is -2.24. The van der Waals surface area contributed by atoms with Crippen molar-refractivity contribution in [3.8, 4) is 11.5 Å². The molecule has 0 radical (unpaired) electrons. The molecule has 0 saturated heterocycles. The highest BCUT2D eigenvalue weighted by molar-refractivity contribution is 7.92. The molecule has 152 valence electrons. The first-order valence-corrected chi connectivity index (χ1v) is 10.7. The third-order valence-corrected chi connectivity index (χ3v) is 5.14. The smallest absolute Gasteiger partial charge is 0.241 e. The van der Waals surface area contributed by atoms with Gasteiger partial charge in [0.1, 0.15) is 18.0 Å². The SMILES string of the molecule is CCOc1ccc(CNC(=O)CN(c2cc(C)ccc2OC)S(C)(=O)=O)cc1. The number of aryl methyl sites for hydroxylation is 1. The molecule has 2 rings (SSSR count). The van der Waals surface area contributed by atoms with Gasteiger partial charge < -0.3 is 14.8 Å². The van der Waals surface area contributed by atoms with Gasteiger partial charge in [0.2, 0.25) is 15.9 Å². The minimum Gasteiger partial charge on any atom is -0.495 e. The Balaban J connectivity index is 2.11. The van der Waals surface area contributed by atoms with Crippen LogP contribution in [0.2, 0.25) is 0 Å². The molecule has 28 heavy (non-hydrogen) atoms. The van der Waals surface area contributed by atoms with Crippen LogP contribution in [0.25, 0.3) is 0 Å². The Kier molecular flexibility index (Phi) is 7.28. The monoisotopic (exact) mass is 406 g/mol. The minimum absolute atomic E-state index is 0.286. The Morgan fingerprint density at radius 1 is 1.14 bits per heavy atom. The molecule has 1 N–H and O–H groups in total. The maximum atomic E-state index is 12.4. The van der Waals surface area contributed by atoms with Crippen molar-refractivity contribution in [2.75, 3.05) is 30.8 Å². The van der Waals surface area contributed by atoms with Crippen molar-refractivity contribution in [2.24, 2.45) is 0 Å². The second-order valence-corrected chi connectivity index (χ2v) is 8.21.